The summed E-state index contributed by atoms with van der Waals surface area (Å²) in [5.74, 6) is 0.382. The molecule has 0 unspecified atom stereocenters. The van der Waals surface area contributed by atoms with Gasteiger partial charge in [0.25, 0.3) is 5.91 Å². The van der Waals surface area contributed by atoms with Crippen molar-refractivity contribution in [2.45, 2.75) is 59.1 Å². The number of nitrogens with zero attached hydrogens (tertiary/aromatic N) is 1. The van der Waals surface area contributed by atoms with Gasteiger partial charge in [0, 0.05) is 6.04 Å². The molecule has 7 heteroatoms. The molecule has 26 heavy (non-hydrogen) atoms. The van der Waals surface area contributed by atoms with Crippen molar-refractivity contribution in [3.8, 4) is 5.75 Å². The van der Waals surface area contributed by atoms with Crippen LogP contribution in [0.15, 0.2) is 18.2 Å². The van der Waals surface area contributed by atoms with Crippen LogP contribution in [0, 0.1) is 5.92 Å². The number of benzene rings is 1. The van der Waals surface area contributed by atoms with E-state index in [0.717, 1.165) is 11.8 Å². The van der Waals surface area contributed by atoms with Crippen LogP contribution in [0.25, 0.3) is 0 Å². The molecule has 0 saturated heterocycles. The largest absolute Gasteiger partial charge is 0.476 e. The summed E-state index contributed by atoms with van der Waals surface area (Å²) in [6, 6.07) is 5.47. The van der Waals surface area contributed by atoms with Crippen molar-refractivity contribution in [1.82, 2.24) is 5.32 Å². The minimum atomic E-state index is -3.54. The van der Waals surface area contributed by atoms with Gasteiger partial charge in [-0.1, -0.05) is 40.7 Å². The van der Waals surface area contributed by atoms with Crippen LogP contribution in [0.5, 0.6) is 5.75 Å². The molecule has 0 saturated carbocycles. The van der Waals surface area contributed by atoms with Crippen molar-refractivity contribution >= 4 is 21.6 Å². The molecule has 146 valence electrons. The zero-order valence-electron chi connectivity index (χ0n) is 16.7. The van der Waals surface area contributed by atoms with Gasteiger partial charge in [-0.25, -0.2) is 8.42 Å². The Bertz CT molecular complexity index is 781. The number of nitrogens with one attached hydrogen (secondary N) is 1. The zero-order chi connectivity index (χ0) is 19.9. The van der Waals surface area contributed by atoms with Gasteiger partial charge >= 0.3 is 0 Å². The van der Waals surface area contributed by atoms with Crippen LogP contribution in [-0.4, -0.2) is 39.3 Å². The molecule has 1 N–H and O–H groups in total. The van der Waals surface area contributed by atoms with Crippen molar-refractivity contribution in [3.05, 3.63) is 23.8 Å². The molecular formula is C19H30N2O4S. The molecule has 2 rings (SSSR count). The molecule has 0 aromatic heterocycles. The molecule has 6 nitrogen and oxygen atoms in total. The first-order valence-electron chi connectivity index (χ1n) is 8.90. The fraction of sp³-hybridized carbons (Fsp3) is 0.632. The van der Waals surface area contributed by atoms with Crippen molar-refractivity contribution in [3.63, 3.8) is 0 Å². The van der Waals surface area contributed by atoms with Gasteiger partial charge in [0.15, 0.2) is 6.10 Å². The van der Waals surface area contributed by atoms with Crippen molar-refractivity contribution in [2.24, 2.45) is 5.92 Å². The number of rotatable bonds is 4. The lowest BCUT2D eigenvalue weighted by Crippen LogP contribution is -2.52. The Kier molecular flexibility index (Phi) is 5.61. The zero-order valence-corrected chi connectivity index (χ0v) is 17.5. The summed E-state index contributed by atoms with van der Waals surface area (Å²) in [5, 5.41) is 2.90. The van der Waals surface area contributed by atoms with Gasteiger partial charge in [0.2, 0.25) is 10.0 Å². The second-order valence-electron chi connectivity index (χ2n) is 8.37. The smallest absolute Gasteiger partial charge is 0.263 e. The Balaban J connectivity index is 2.39. The summed E-state index contributed by atoms with van der Waals surface area (Å²) >= 11 is 0. The third-order valence-corrected chi connectivity index (χ3v) is 5.90. The number of carbonyl (C=O) groups excluding carboxylic acids is 1. The number of ether oxygens (including phenoxy) is 1. The van der Waals surface area contributed by atoms with Crippen molar-refractivity contribution < 1.29 is 17.9 Å². The third-order valence-electron chi connectivity index (χ3n) is 4.76. The van der Waals surface area contributed by atoms with Gasteiger partial charge in [0.1, 0.15) is 5.75 Å². The second-order valence-corrected chi connectivity index (χ2v) is 10.3. The van der Waals surface area contributed by atoms with E-state index in [1.165, 1.54) is 4.31 Å². The van der Waals surface area contributed by atoms with Gasteiger partial charge in [-0.05, 0) is 36.0 Å². The molecule has 0 aliphatic carbocycles. The Morgan fingerprint density at radius 2 is 1.88 bits per heavy atom. The Hall–Kier alpha value is -1.76. The number of sulfonamides is 1. The summed E-state index contributed by atoms with van der Waals surface area (Å²) in [7, 11) is -3.54. The van der Waals surface area contributed by atoms with Gasteiger partial charge in [0.05, 0.1) is 18.5 Å². The summed E-state index contributed by atoms with van der Waals surface area (Å²) in [6.07, 6.45) is 0.274. The predicted molar refractivity (Wildman–Crippen MR) is 104 cm³/mol. The number of fused-ring (bicyclic) bond motifs is 1. The average molecular weight is 383 g/mol. The first-order chi connectivity index (χ1) is 11.8. The molecule has 0 fully saturated rings. The molecule has 1 heterocycles. The number of amides is 1. The average Bonchev–Trinajstić information content (AvgIpc) is 2.51. The van der Waals surface area contributed by atoms with Crippen molar-refractivity contribution in [1.29, 1.82) is 0 Å². The molecule has 1 aliphatic heterocycles. The SMILES string of the molecule is CC(C)[C@H](C)NC(=O)[C@H]1CN(S(C)(=O)=O)c2cc(C(C)(C)C)ccc2O1. The minimum absolute atomic E-state index is 0.0255. The van der Waals surface area contributed by atoms with E-state index in [2.05, 4.69) is 26.1 Å². The number of anilines is 1. The predicted octanol–water partition coefficient (Wildman–Crippen LogP) is 2.67. The first-order valence-corrected chi connectivity index (χ1v) is 10.7. The highest BCUT2D eigenvalue weighted by atomic mass is 32.2. The standard InChI is InChI=1S/C19H30N2O4S/c1-12(2)13(3)20-18(22)17-11-21(26(7,23)24)15-10-14(19(4,5)6)8-9-16(15)25-17/h8-10,12-13,17H,11H2,1-7H3,(H,20,22)/t13-,17+/m0/s1. The minimum Gasteiger partial charge on any atom is -0.476 e. The van der Waals surface area contributed by atoms with Gasteiger partial charge < -0.3 is 10.1 Å². The maximum Gasteiger partial charge on any atom is 0.263 e. The monoisotopic (exact) mass is 382 g/mol. The van der Waals surface area contributed by atoms with Crippen LogP contribution < -0.4 is 14.4 Å². The van der Waals surface area contributed by atoms with Gasteiger partial charge in [-0.2, -0.15) is 0 Å². The summed E-state index contributed by atoms with van der Waals surface area (Å²) in [5.41, 5.74) is 1.37. The molecule has 1 aromatic carbocycles. The highest BCUT2D eigenvalue weighted by Crippen LogP contribution is 2.38. The molecule has 1 aliphatic rings. The lowest BCUT2D eigenvalue weighted by atomic mass is 9.86. The molecule has 1 aromatic rings. The van der Waals surface area contributed by atoms with E-state index in [0.29, 0.717) is 11.4 Å². The van der Waals surface area contributed by atoms with E-state index in [4.69, 9.17) is 4.74 Å². The summed E-state index contributed by atoms with van der Waals surface area (Å²) in [4.78, 5) is 12.6. The molecular weight excluding hydrogens is 352 g/mol. The third kappa shape index (κ3) is 4.50. The van der Waals surface area contributed by atoms with Crippen LogP contribution in [0.2, 0.25) is 0 Å². The van der Waals surface area contributed by atoms with E-state index in [1.54, 1.807) is 6.07 Å². The van der Waals surface area contributed by atoms with E-state index in [-0.39, 0.29) is 29.8 Å². The van der Waals surface area contributed by atoms with Crippen LogP contribution >= 0.6 is 0 Å². The molecule has 0 radical (unpaired) electrons. The van der Waals surface area contributed by atoms with E-state index in [9.17, 15) is 13.2 Å². The van der Waals surface area contributed by atoms with E-state index >= 15 is 0 Å². The van der Waals surface area contributed by atoms with E-state index < -0.39 is 16.1 Å². The summed E-state index contributed by atoms with van der Waals surface area (Å²) < 4.78 is 31.8. The van der Waals surface area contributed by atoms with Crippen LogP contribution in [0.3, 0.4) is 0 Å². The molecule has 0 spiro atoms. The first kappa shape index (κ1) is 20.6. The highest BCUT2D eigenvalue weighted by molar-refractivity contribution is 7.92. The van der Waals surface area contributed by atoms with Gasteiger partial charge in [-0.3, -0.25) is 9.10 Å². The molecule has 0 bridgehead atoms. The lowest BCUT2D eigenvalue weighted by Gasteiger charge is -2.35. The Morgan fingerprint density at radius 1 is 1.27 bits per heavy atom. The Labute approximate surface area is 157 Å². The van der Waals surface area contributed by atoms with Gasteiger partial charge in [-0.15, -0.1) is 0 Å². The highest BCUT2D eigenvalue weighted by Gasteiger charge is 2.36. The number of hydrogen-bond donors (Lipinski definition) is 1. The number of hydrogen-bond acceptors (Lipinski definition) is 4. The fourth-order valence-corrected chi connectivity index (χ4v) is 3.56. The normalized spacial score (nSPS) is 18.9. The second kappa shape index (κ2) is 7.10. The number of carbonyl (C=O) groups is 1. The maximum absolute atomic E-state index is 12.6. The topological polar surface area (TPSA) is 75.7 Å². The lowest BCUT2D eigenvalue weighted by molar-refractivity contribution is -0.128. The van der Waals surface area contributed by atoms with Crippen LogP contribution in [0.1, 0.15) is 47.1 Å². The van der Waals surface area contributed by atoms with Crippen LogP contribution in [-0.2, 0) is 20.2 Å². The van der Waals surface area contributed by atoms with E-state index in [1.807, 2.05) is 32.9 Å². The maximum atomic E-state index is 12.6. The summed E-state index contributed by atoms with van der Waals surface area (Å²) in [6.45, 7) is 12.1. The molecule has 1 amide bonds. The van der Waals surface area contributed by atoms with Crippen molar-refractivity contribution in [2.75, 3.05) is 17.1 Å². The Morgan fingerprint density at radius 3 is 2.38 bits per heavy atom. The quantitative estimate of drug-likeness (QED) is 0.869. The molecule has 2 atom stereocenters. The fourth-order valence-electron chi connectivity index (χ4n) is 2.65. The van der Waals surface area contributed by atoms with Crippen LogP contribution in [0.4, 0.5) is 5.69 Å².